The first-order valence-electron chi connectivity index (χ1n) is 13.4. The number of hydrogen-bond acceptors (Lipinski definition) is 6. The van der Waals surface area contributed by atoms with Crippen molar-refractivity contribution < 1.29 is 24.4 Å². The van der Waals surface area contributed by atoms with Gasteiger partial charge in [0, 0.05) is 0 Å². The van der Waals surface area contributed by atoms with Crippen molar-refractivity contribution in [3.05, 3.63) is 131 Å². The van der Waals surface area contributed by atoms with Gasteiger partial charge < -0.3 is 0 Å². The fourth-order valence-electron chi connectivity index (χ4n) is 6.14. The van der Waals surface area contributed by atoms with Crippen LogP contribution in [0.2, 0.25) is 0 Å². The number of esters is 1. The number of hydrogen-bond donors (Lipinski definition) is 1. The van der Waals surface area contributed by atoms with Crippen molar-refractivity contribution in [2.45, 2.75) is 25.5 Å². The molecular formula is C32H31N2O6P. The monoisotopic (exact) mass is 570 g/mol. The molecule has 0 aliphatic carbocycles. The van der Waals surface area contributed by atoms with Gasteiger partial charge in [0.05, 0.1) is 0 Å². The molecule has 1 heterocycles. The zero-order valence-electron chi connectivity index (χ0n) is 22.4. The van der Waals surface area contributed by atoms with Crippen LogP contribution in [0.25, 0.3) is 0 Å². The van der Waals surface area contributed by atoms with Gasteiger partial charge in [-0.05, 0) is 0 Å². The number of rotatable bonds is 11. The first-order valence-corrected chi connectivity index (χ1v) is 15.8. The molecule has 4 aromatic rings. The van der Waals surface area contributed by atoms with Crippen molar-refractivity contribution in [1.82, 2.24) is 4.67 Å². The van der Waals surface area contributed by atoms with E-state index in [4.69, 9.17) is 4.74 Å². The summed E-state index contributed by atoms with van der Waals surface area (Å²) in [5.74, 6) is -0.691. The SMILES string of the molecule is O=C(CP(c1ccccc1)(c1ccccc1)(c1ccccc1)N1C(=O)CC1CCO)OCc1ccccc1[N+](=O)[O-]. The first kappa shape index (κ1) is 28.1. The molecule has 8 nitrogen and oxygen atoms in total. The van der Waals surface area contributed by atoms with E-state index in [1.165, 1.54) is 6.07 Å². The standard InChI is InChI=1S/C32H31N2O6P/c35-21-20-26-22-31(36)33(26)41(27-13-4-1-5-14-27,28-15-6-2-7-16-28,29-17-8-3-9-18-29)24-32(37)40-23-25-12-10-11-19-30(25)34(38)39/h1-19,26,35H,20-24H2. The van der Waals surface area contributed by atoms with Crippen molar-refractivity contribution >= 4 is 40.2 Å². The van der Waals surface area contributed by atoms with Gasteiger partial charge in [0.1, 0.15) is 0 Å². The van der Waals surface area contributed by atoms with Crippen LogP contribution in [0, 0.1) is 10.1 Å². The summed E-state index contributed by atoms with van der Waals surface area (Å²) in [5, 5.41) is 24.0. The van der Waals surface area contributed by atoms with Crippen molar-refractivity contribution in [3.63, 3.8) is 0 Å². The molecule has 0 bridgehead atoms. The third-order valence-electron chi connectivity index (χ3n) is 7.90. The summed E-state index contributed by atoms with van der Waals surface area (Å²) < 4.78 is 7.68. The number of β-lactam (4-membered cyclic amide) rings is 1. The van der Waals surface area contributed by atoms with Crippen LogP contribution in [-0.2, 0) is 20.9 Å². The summed E-state index contributed by atoms with van der Waals surface area (Å²) in [6.07, 6.45) is 0.454. The van der Waals surface area contributed by atoms with Crippen molar-refractivity contribution in [3.8, 4) is 0 Å². The summed E-state index contributed by atoms with van der Waals surface area (Å²) in [5.41, 5.74) is 0.149. The molecule has 41 heavy (non-hydrogen) atoms. The molecule has 1 amide bonds. The molecule has 9 heteroatoms. The summed E-state index contributed by atoms with van der Waals surface area (Å²) in [7, 11) is 0. The van der Waals surface area contributed by atoms with E-state index < -0.39 is 17.6 Å². The predicted molar refractivity (Wildman–Crippen MR) is 160 cm³/mol. The quantitative estimate of drug-likeness (QED) is 0.0958. The zero-order chi connectivity index (χ0) is 28.9. The normalized spacial score (nSPS) is 15.8. The Labute approximate surface area is 238 Å². The summed E-state index contributed by atoms with van der Waals surface area (Å²) >= 11 is 0. The molecule has 0 saturated carbocycles. The van der Waals surface area contributed by atoms with Crippen LogP contribution in [0.4, 0.5) is 5.69 Å². The molecule has 1 N–H and O–H groups in total. The van der Waals surface area contributed by atoms with Crippen LogP contribution in [-0.4, -0.2) is 45.4 Å². The average molecular weight is 571 g/mol. The van der Waals surface area contributed by atoms with E-state index in [1.807, 2.05) is 95.7 Å². The zero-order valence-corrected chi connectivity index (χ0v) is 23.3. The molecule has 1 saturated heterocycles. The number of nitro benzene ring substituents is 1. The number of para-hydroxylation sites is 1. The Morgan fingerprint density at radius 1 is 0.854 bits per heavy atom. The van der Waals surface area contributed by atoms with E-state index in [9.17, 15) is 24.8 Å². The summed E-state index contributed by atoms with van der Waals surface area (Å²) in [4.78, 5) is 39.0. The van der Waals surface area contributed by atoms with E-state index in [0.29, 0.717) is 6.42 Å². The Balaban J connectivity index is 1.75. The Morgan fingerprint density at radius 2 is 1.34 bits per heavy atom. The number of nitro groups is 1. The molecule has 1 fully saturated rings. The minimum atomic E-state index is -4.16. The number of aliphatic hydroxyl groups is 1. The molecule has 1 aliphatic heterocycles. The Morgan fingerprint density at radius 3 is 1.80 bits per heavy atom. The van der Waals surface area contributed by atoms with Crippen LogP contribution in [0.5, 0.6) is 0 Å². The van der Waals surface area contributed by atoms with Crippen LogP contribution < -0.4 is 15.9 Å². The van der Waals surface area contributed by atoms with Crippen molar-refractivity contribution in [1.29, 1.82) is 0 Å². The maximum atomic E-state index is 14.1. The Hall–Kier alpha value is -4.39. The van der Waals surface area contributed by atoms with E-state index in [0.717, 1.165) is 15.9 Å². The van der Waals surface area contributed by atoms with E-state index in [-0.39, 0.29) is 49.0 Å². The van der Waals surface area contributed by atoms with Gasteiger partial charge in [0.25, 0.3) is 0 Å². The summed E-state index contributed by atoms with van der Waals surface area (Å²) in [6.45, 7) is -4.56. The van der Waals surface area contributed by atoms with E-state index in [1.54, 1.807) is 18.2 Å². The molecule has 0 spiro atoms. The first-order chi connectivity index (χ1) is 19.9. The number of carbonyl (C=O) groups excluding carboxylic acids is 2. The molecule has 1 atom stereocenters. The summed E-state index contributed by atoms with van der Waals surface area (Å²) in [6, 6.07) is 34.6. The maximum absolute atomic E-state index is 14.1. The number of carbonyl (C=O) groups is 2. The van der Waals surface area contributed by atoms with Gasteiger partial charge in [-0.25, -0.2) is 0 Å². The number of amides is 1. The molecule has 5 rings (SSSR count). The van der Waals surface area contributed by atoms with E-state index >= 15 is 0 Å². The minimum absolute atomic E-state index is 0.107. The molecular weight excluding hydrogens is 539 g/mol. The van der Waals surface area contributed by atoms with E-state index in [2.05, 4.69) is 0 Å². The average Bonchev–Trinajstić information content (AvgIpc) is 3.01. The second-order valence-corrected chi connectivity index (χ2v) is 14.9. The second-order valence-electron chi connectivity index (χ2n) is 10.1. The van der Waals surface area contributed by atoms with Crippen LogP contribution in [0.15, 0.2) is 115 Å². The number of nitrogens with zero attached hydrogens (tertiary/aromatic N) is 2. The third-order valence-corrected chi connectivity index (χ3v) is 14.5. The van der Waals surface area contributed by atoms with Gasteiger partial charge in [0.15, 0.2) is 0 Å². The number of ether oxygens (including phenoxy) is 1. The fourth-order valence-corrected chi connectivity index (χ4v) is 13.0. The topological polar surface area (TPSA) is 110 Å². The molecule has 1 aliphatic rings. The Kier molecular flexibility index (Phi) is 7.97. The fraction of sp³-hybridized carbons (Fsp3) is 0.188. The van der Waals surface area contributed by atoms with Crippen LogP contribution in [0.3, 0.4) is 0 Å². The van der Waals surface area contributed by atoms with Gasteiger partial charge >= 0.3 is 238 Å². The Bertz CT molecular complexity index is 1450. The number of benzene rings is 4. The van der Waals surface area contributed by atoms with Crippen LogP contribution >= 0.6 is 6.75 Å². The second kappa shape index (κ2) is 11.6. The number of aliphatic hydroxyl groups excluding tert-OH is 1. The van der Waals surface area contributed by atoms with Crippen molar-refractivity contribution in [2.75, 3.05) is 12.8 Å². The van der Waals surface area contributed by atoms with Gasteiger partial charge in [-0.3, -0.25) is 0 Å². The van der Waals surface area contributed by atoms with Gasteiger partial charge in [-0.1, -0.05) is 0 Å². The molecule has 4 aromatic carbocycles. The third kappa shape index (κ3) is 4.69. The predicted octanol–water partition coefficient (Wildman–Crippen LogP) is 4.07. The molecule has 0 aromatic heterocycles. The van der Waals surface area contributed by atoms with Crippen LogP contribution in [0.1, 0.15) is 18.4 Å². The molecule has 210 valence electrons. The van der Waals surface area contributed by atoms with Gasteiger partial charge in [-0.2, -0.15) is 0 Å². The van der Waals surface area contributed by atoms with Crippen molar-refractivity contribution in [2.24, 2.45) is 0 Å². The molecule has 1 unspecified atom stereocenters. The molecule has 0 radical (unpaired) electrons. The van der Waals surface area contributed by atoms with Gasteiger partial charge in [0.2, 0.25) is 0 Å². The van der Waals surface area contributed by atoms with Gasteiger partial charge in [-0.15, -0.1) is 0 Å².